The van der Waals surface area contributed by atoms with Crippen LogP contribution in [0.15, 0.2) is 101 Å². The second kappa shape index (κ2) is 9.79. The first-order valence-electron chi connectivity index (χ1n) is 12.0. The summed E-state index contributed by atoms with van der Waals surface area (Å²) < 4.78 is 12.4. The Morgan fingerprint density at radius 1 is 1.06 bits per heavy atom. The van der Waals surface area contributed by atoms with Gasteiger partial charge in [0.1, 0.15) is 17.6 Å². The van der Waals surface area contributed by atoms with Crippen molar-refractivity contribution < 1.29 is 9.47 Å². The van der Waals surface area contributed by atoms with Gasteiger partial charge in [-0.3, -0.25) is 0 Å². The summed E-state index contributed by atoms with van der Waals surface area (Å²) in [5, 5.41) is 0. The Hall–Kier alpha value is -3.48. The number of fused-ring (bicyclic) bond motifs is 2. The topological polar surface area (TPSA) is 18.5 Å². The van der Waals surface area contributed by atoms with Crippen molar-refractivity contribution in [2.24, 2.45) is 5.41 Å². The molecule has 0 fully saturated rings. The number of hydrogen-bond donors (Lipinski definition) is 0. The van der Waals surface area contributed by atoms with Gasteiger partial charge in [-0.15, -0.1) is 5.73 Å². The Kier molecular flexibility index (Phi) is 6.82. The Balaban J connectivity index is 1.98. The predicted octanol–water partition coefficient (Wildman–Crippen LogP) is 8.35. The minimum Gasteiger partial charge on any atom is -0.496 e. The van der Waals surface area contributed by atoms with Crippen LogP contribution in [0.2, 0.25) is 0 Å². The molecule has 1 aliphatic heterocycles. The van der Waals surface area contributed by atoms with Crippen LogP contribution in [0.1, 0.15) is 52.2 Å². The molecule has 2 aliphatic rings. The highest BCUT2D eigenvalue weighted by molar-refractivity contribution is 5.90. The maximum Gasteiger partial charge on any atom is 0.144 e. The Morgan fingerprint density at radius 3 is 2.50 bits per heavy atom. The first-order valence-corrected chi connectivity index (χ1v) is 12.0. The molecule has 1 heterocycles. The summed E-state index contributed by atoms with van der Waals surface area (Å²) in [6, 6.07) is 16.4. The smallest absolute Gasteiger partial charge is 0.144 e. The minimum absolute atomic E-state index is 0.0477. The zero-order valence-corrected chi connectivity index (χ0v) is 21.1. The third-order valence-corrected chi connectivity index (χ3v) is 6.00. The van der Waals surface area contributed by atoms with Gasteiger partial charge in [0, 0.05) is 11.1 Å². The Bertz CT molecular complexity index is 1250. The fourth-order valence-electron chi connectivity index (χ4n) is 4.57. The van der Waals surface area contributed by atoms with Gasteiger partial charge in [0.2, 0.25) is 0 Å². The zero-order valence-electron chi connectivity index (χ0n) is 21.1. The van der Waals surface area contributed by atoms with E-state index in [-0.39, 0.29) is 11.5 Å². The van der Waals surface area contributed by atoms with Crippen LogP contribution in [0.5, 0.6) is 11.5 Å². The molecule has 1 unspecified atom stereocenters. The van der Waals surface area contributed by atoms with E-state index in [9.17, 15) is 0 Å². The van der Waals surface area contributed by atoms with E-state index >= 15 is 0 Å². The number of methoxy groups -OCH3 is 1. The summed E-state index contributed by atoms with van der Waals surface area (Å²) in [6.07, 6.45) is 11.7. The molecule has 0 spiro atoms. The van der Waals surface area contributed by atoms with E-state index in [4.69, 9.17) is 9.47 Å². The van der Waals surface area contributed by atoms with Gasteiger partial charge in [0.15, 0.2) is 0 Å². The van der Waals surface area contributed by atoms with Crippen molar-refractivity contribution in [1.82, 2.24) is 0 Å². The van der Waals surface area contributed by atoms with Crippen LogP contribution in [0.4, 0.5) is 0 Å². The summed E-state index contributed by atoms with van der Waals surface area (Å²) in [5.41, 5.74) is 11.7. The van der Waals surface area contributed by atoms with Gasteiger partial charge >= 0.3 is 0 Å². The first-order chi connectivity index (χ1) is 16.3. The van der Waals surface area contributed by atoms with Crippen LogP contribution in [-0.2, 0) is 0 Å². The first kappa shape index (κ1) is 23.7. The number of benzene rings is 2. The minimum atomic E-state index is -0.249. The number of allylic oxidation sites excluding steroid dienone is 5. The molecule has 0 saturated heterocycles. The van der Waals surface area contributed by atoms with E-state index in [0.29, 0.717) is 0 Å². The van der Waals surface area contributed by atoms with Gasteiger partial charge in [-0.05, 0) is 59.3 Å². The molecule has 2 aromatic carbocycles. The highest BCUT2D eigenvalue weighted by atomic mass is 16.5. The third kappa shape index (κ3) is 5.03. The molecule has 4 rings (SSSR count). The van der Waals surface area contributed by atoms with E-state index < -0.39 is 0 Å². The fourth-order valence-corrected chi connectivity index (χ4v) is 4.57. The van der Waals surface area contributed by atoms with Gasteiger partial charge in [0.05, 0.1) is 12.7 Å². The van der Waals surface area contributed by atoms with Crippen molar-refractivity contribution in [1.29, 1.82) is 0 Å². The van der Waals surface area contributed by atoms with Crippen molar-refractivity contribution in [2.75, 3.05) is 7.11 Å². The van der Waals surface area contributed by atoms with Gasteiger partial charge < -0.3 is 9.47 Å². The molecule has 0 amide bonds. The average Bonchev–Trinajstić information content (AvgIpc) is 3.02. The molecule has 2 nitrogen and oxygen atoms in total. The van der Waals surface area contributed by atoms with Crippen LogP contribution < -0.4 is 9.47 Å². The summed E-state index contributed by atoms with van der Waals surface area (Å²) in [6.45, 7) is 11.1. The van der Waals surface area contributed by atoms with Gasteiger partial charge in [-0.1, -0.05) is 88.4 Å². The lowest BCUT2D eigenvalue weighted by molar-refractivity contribution is 0.279. The van der Waals surface area contributed by atoms with Gasteiger partial charge in [0.25, 0.3) is 0 Å². The van der Waals surface area contributed by atoms with Crippen LogP contribution in [-0.4, -0.2) is 13.2 Å². The van der Waals surface area contributed by atoms with Gasteiger partial charge in [-0.25, -0.2) is 0 Å². The highest BCUT2D eigenvalue weighted by Crippen LogP contribution is 2.46. The van der Waals surface area contributed by atoms with Crippen LogP contribution in [0, 0.1) is 5.41 Å². The van der Waals surface area contributed by atoms with E-state index in [1.165, 1.54) is 11.1 Å². The molecule has 174 valence electrons. The number of hydrogen-bond acceptors (Lipinski definition) is 2. The molecular weight excluding hydrogens is 416 g/mol. The van der Waals surface area contributed by atoms with Crippen LogP contribution in [0.3, 0.4) is 0 Å². The molecule has 1 aliphatic carbocycles. The summed E-state index contributed by atoms with van der Waals surface area (Å²) in [4.78, 5) is 0. The molecule has 0 aromatic heterocycles. The normalized spacial score (nSPS) is 18.1. The lowest BCUT2D eigenvalue weighted by atomic mass is 9.83. The molecule has 0 radical (unpaired) electrons. The summed E-state index contributed by atoms with van der Waals surface area (Å²) >= 11 is 0. The molecule has 0 N–H and O–H groups in total. The monoisotopic (exact) mass is 450 g/mol. The molecule has 0 bridgehead atoms. The fraction of sp³-hybridized carbons (Fsp3) is 0.281. The van der Waals surface area contributed by atoms with Crippen molar-refractivity contribution in [2.45, 2.75) is 47.1 Å². The lowest BCUT2D eigenvalue weighted by Gasteiger charge is -2.31. The van der Waals surface area contributed by atoms with Crippen molar-refractivity contribution in [3.05, 3.63) is 112 Å². The van der Waals surface area contributed by atoms with Crippen molar-refractivity contribution in [3.63, 3.8) is 0 Å². The van der Waals surface area contributed by atoms with E-state index in [0.717, 1.165) is 45.8 Å². The maximum absolute atomic E-state index is 6.64. The second-order valence-corrected chi connectivity index (χ2v) is 9.87. The Labute approximate surface area is 204 Å². The second-order valence-electron chi connectivity index (χ2n) is 9.87. The van der Waals surface area contributed by atoms with Crippen LogP contribution in [0.25, 0.3) is 11.6 Å². The Morgan fingerprint density at radius 2 is 1.82 bits per heavy atom. The number of ether oxygens (including phenoxy) is 2. The average molecular weight is 451 g/mol. The SMILES string of the molecule is CCC1=C=C(/C(C)=C\C(C)(C)C)C2=C(C=C1)c1c(OC)cccc1OC2/C=C/c1ccccc1. The standard InChI is InChI=1S/C32H34O2/c1-7-23-16-18-25-30(26(20-23)22(2)21-32(3,4)5)29(19-17-24-12-9-8-10-13-24)34-28-15-11-14-27(33-6)31(25)28/h8-19,21,29H,7H2,1-6H3/b19-17+,22-21-. The summed E-state index contributed by atoms with van der Waals surface area (Å²) in [7, 11) is 1.72. The maximum atomic E-state index is 6.64. The largest absolute Gasteiger partial charge is 0.496 e. The molecule has 2 heteroatoms. The lowest BCUT2D eigenvalue weighted by Crippen LogP contribution is -2.24. The van der Waals surface area contributed by atoms with Crippen molar-refractivity contribution in [3.8, 4) is 11.5 Å². The summed E-state index contributed by atoms with van der Waals surface area (Å²) in [5.74, 6) is 1.65. The molecular formula is C32H34O2. The molecule has 34 heavy (non-hydrogen) atoms. The molecule has 2 aromatic rings. The quantitative estimate of drug-likeness (QED) is 0.426. The van der Waals surface area contributed by atoms with Gasteiger partial charge in [-0.2, -0.15) is 0 Å². The molecule has 0 saturated carbocycles. The number of rotatable bonds is 5. The van der Waals surface area contributed by atoms with E-state index in [2.05, 4.69) is 95.0 Å². The predicted molar refractivity (Wildman–Crippen MR) is 143 cm³/mol. The highest BCUT2D eigenvalue weighted by Gasteiger charge is 2.32. The van der Waals surface area contributed by atoms with Crippen LogP contribution >= 0.6 is 0 Å². The van der Waals surface area contributed by atoms with E-state index in [1.807, 2.05) is 24.3 Å². The molecule has 1 atom stereocenters. The zero-order chi connectivity index (χ0) is 24.3. The van der Waals surface area contributed by atoms with E-state index in [1.54, 1.807) is 7.11 Å². The van der Waals surface area contributed by atoms with Crippen molar-refractivity contribution >= 4 is 11.6 Å². The third-order valence-electron chi connectivity index (χ3n) is 6.00.